The van der Waals surface area contributed by atoms with E-state index in [4.69, 9.17) is 0 Å². The van der Waals surface area contributed by atoms with Gasteiger partial charge in [0, 0.05) is 19.5 Å². The number of carbonyl (C=O) groups excluding carboxylic acids is 2. The van der Waals surface area contributed by atoms with Crippen molar-refractivity contribution in [3.8, 4) is 0 Å². The molecule has 7 heteroatoms. The summed E-state index contributed by atoms with van der Waals surface area (Å²) in [4.78, 5) is 24.1. The van der Waals surface area contributed by atoms with Crippen LogP contribution in [0.5, 0.6) is 0 Å². The average molecular weight is 364 g/mol. The number of amides is 3. The van der Waals surface area contributed by atoms with Crippen LogP contribution in [0.25, 0.3) is 0 Å². The molecular formula is C18H24N2O4S. The van der Waals surface area contributed by atoms with Crippen LogP contribution in [0.3, 0.4) is 0 Å². The Bertz CT molecular complexity index is 729. The van der Waals surface area contributed by atoms with Crippen molar-refractivity contribution in [2.75, 3.05) is 24.6 Å². The minimum Gasteiger partial charge on any atom is -0.320 e. The fourth-order valence-electron chi connectivity index (χ4n) is 2.68. The Balaban J connectivity index is 1.74. The van der Waals surface area contributed by atoms with Crippen LogP contribution in [0.2, 0.25) is 0 Å². The zero-order valence-corrected chi connectivity index (χ0v) is 15.2. The lowest BCUT2D eigenvalue weighted by Gasteiger charge is -2.25. The van der Waals surface area contributed by atoms with Gasteiger partial charge in [0.05, 0.1) is 11.5 Å². The Morgan fingerprint density at radius 3 is 2.60 bits per heavy atom. The molecule has 1 fully saturated rings. The van der Waals surface area contributed by atoms with Crippen molar-refractivity contribution < 1.29 is 18.0 Å². The summed E-state index contributed by atoms with van der Waals surface area (Å²) < 4.78 is 24.4. The van der Waals surface area contributed by atoms with Gasteiger partial charge in [-0.1, -0.05) is 49.4 Å². The fraction of sp³-hybridized carbons (Fsp3) is 0.444. The lowest BCUT2D eigenvalue weighted by Crippen LogP contribution is -2.49. The second kappa shape index (κ2) is 8.80. The molecule has 25 heavy (non-hydrogen) atoms. The SMILES string of the molecule is C[C@@H](CS(=O)(=O)CC/C=C/CN1CCC(=O)NC1=O)c1ccccc1. The summed E-state index contributed by atoms with van der Waals surface area (Å²) in [5, 5.41) is 2.25. The van der Waals surface area contributed by atoms with E-state index < -0.39 is 15.9 Å². The normalized spacial score (nSPS) is 16.9. The Kier molecular flexibility index (Phi) is 6.75. The van der Waals surface area contributed by atoms with Crippen LogP contribution in [0.15, 0.2) is 42.5 Å². The Hall–Kier alpha value is -2.15. The second-order valence-corrected chi connectivity index (χ2v) is 8.46. The van der Waals surface area contributed by atoms with Crippen LogP contribution in [-0.2, 0) is 14.6 Å². The third-order valence-electron chi connectivity index (χ3n) is 4.10. The van der Waals surface area contributed by atoms with Crippen molar-refractivity contribution in [2.24, 2.45) is 0 Å². The fourth-order valence-corrected chi connectivity index (χ4v) is 4.30. The minimum absolute atomic E-state index is 0.0373. The van der Waals surface area contributed by atoms with Gasteiger partial charge in [-0.3, -0.25) is 10.1 Å². The van der Waals surface area contributed by atoms with Crippen LogP contribution in [0, 0.1) is 0 Å². The number of urea groups is 1. The quantitative estimate of drug-likeness (QED) is 0.716. The molecule has 0 unspecified atom stereocenters. The van der Waals surface area contributed by atoms with Gasteiger partial charge in [-0.05, 0) is 17.9 Å². The molecule has 1 atom stereocenters. The van der Waals surface area contributed by atoms with Crippen LogP contribution < -0.4 is 5.32 Å². The first-order valence-corrected chi connectivity index (χ1v) is 10.2. The highest BCUT2D eigenvalue weighted by Crippen LogP contribution is 2.17. The van der Waals surface area contributed by atoms with E-state index in [1.54, 1.807) is 12.2 Å². The molecule has 0 saturated carbocycles. The highest BCUT2D eigenvalue weighted by atomic mass is 32.2. The Morgan fingerprint density at radius 2 is 1.92 bits per heavy atom. The summed E-state index contributed by atoms with van der Waals surface area (Å²) in [7, 11) is -3.14. The van der Waals surface area contributed by atoms with Crippen molar-refractivity contribution in [2.45, 2.75) is 25.7 Å². The van der Waals surface area contributed by atoms with Gasteiger partial charge >= 0.3 is 6.03 Å². The lowest BCUT2D eigenvalue weighted by atomic mass is 10.0. The molecule has 0 aromatic heterocycles. The molecule has 0 bridgehead atoms. The van der Waals surface area contributed by atoms with Crippen molar-refractivity contribution in [1.29, 1.82) is 0 Å². The number of allylic oxidation sites excluding steroid dienone is 1. The molecule has 1 aliphatic rings. The van der Waals surface area contributed by atoms with Crippen molar-refractivity contribution in [3.63, 3.8) is 0 Å². The molecule has 0 spiro atoms. The number of carbonyl (C=O) groups is 2. The standard InChI is InChI=1S/C18H24N2O4S/c1-15(16-8-4-2-5-9-16)14-25(23,24)13-7-3-6-11-20-12-10-17(21)19-18(20)22/h2-6,8-9,15H,7,10-14H2,1H3,(H,19,21,22)/b6-3+/t15-/m0/s1. The number of hydrogen-bond acceptors (Lipinski definition) is 4. The van der Waals surface area contributed by atoms with E-state index >= 15 is 0 Å². The molecule has 1 heterocycles. The zero-order valence-electron chi connectivity index (χ0n) is 14.3. The molecule has 1 aromatic carbocycles. The van der Waals surface area contributed by atoms with E-state index in [1.807, 2.05) is 37.3 Å². The molecule has 136 valence electrons. The second-order valence-electron chi connectivity index (χ2n) is 6.24. The summed E-state index contributed by atoms with van der Waals surface area (Å²) in [6.45, 7) is 2.68. The Labute approximate surface area is 148 Å². The number of nitrogens with zero attached hydrogens (tertiary/aromatic N) is 1. The van der Waals surface area contributed by atoms with Gasteiger partial charge < -0.3 is 4.90 Å². The summed E-state index contributed by atoms with van der Waals surface area (Å²) in [6.07, 6.45) is 4.25. The summed E-state index contributed by atoms with van der Waals surface area (Å²) in [5.74, 6) is -0.0824. The molecule has 3 amide bonds. The van der Waals surface area contributed by atoms with E-state index in [9.17, 15) is 18.0 Å². The first-order chi connectivity index (χ1) is 11.9. The van der Waals surface area contributed by atoms with Crippen LogP contribution in [0.1, 0.15) is 31.2 Å². The first-order valence-electron chi connectivity index (χ1n) is 8.36. The highest BCUT2D eigenvalue weighted by molar-refractivity contribution is 7.91. The van der Waals surface area contributed by atoms with Gasteiger partial charge in [0.2, 0.25) is 5.91 Å². The molecule has 0 aliphatic carbocycles. The number of sulfone groups is 1. The molecule has 1 saturated heterocycles. The summed E-state index contributed by atoms with van der Waals surface area (Å²) >= 11 is 0. The van der Waals surface area contributed by atoms with E-state index in [0.717, 1.165) is 5.56 Å². The summed E-state index contributed by atoms with van der Waals surface area (Å²) in [5.41, 5.74) is 1.02. The molecular weight excluding hydrogens is 340 g/mol. The van der Waals surface area contributed by atoms with E-state index in [2.05, 4.69) is 5.32 Å². The maximum absolute atomic E-state index is 12.2. The number of hydrogen-bond donors (Lipinski definition) is 1. The van der Waals surface area contributed by atoms with E-state index in [-0.39, 0.29) is 23.3 Å². The molecule has 2 rings (SSSR count). The zero-order chi connectivity index (χ0) is 18.3. The summed E-state index contributed by atoms with van der Waals surface area (Å²) in [6, 6.07) is 9.21. The van der Waals surface area contributed by atoms with Gasteiger partial charge in [-0.2, -0.15) is 0 Å². The monoisotopic (exact) mass is 364 g/mol. The number of imide groups is 1. The topological polar surface area (TPSA) is 83.6 Å². The number of benzene rings is 1. The predicted octanol–water partition coefficient (Wildman–Crippen LogP) is 2.09. The van der Waals surface area contributed by atoms with Crippen LogP contribution in [0.4, 0.5) is 4.79 Å². The van der Waals surface area contributed by atoms with Crippen LogP contribution in [-0.4, -0.2) is 49.9 Å². The molecule has 6 nitrogen and oxygen atoms in total. The van der Waals surface area contributed by atoms with Crippen LogP contribution >= 0.6 is 0 Å². The minimum atomic E-state index is -3.14. The predicted molar refractivity (Wildman–Crippen MR) is 97.0 cm³/mol. The van der Waals surface area contributed by atoms with Crippen molar-refractivity contribution in [3.05, 3.63) is 48.0 Å². The highest BCUT2D eigenvalue weighted by Gasteiger charge is 2.21. The third-order valence-corrected chi connectivity index (χ3v) is 5.97. The number of rotatable bonds is 8. The molecule has 1 aromatic rings. The van der Waals surface area contributed by atoms with Gasteiger partial charge in [-0.15, -0.1) is 0 Å². The molecule has 0 radical (unpaired) electrons. The third kappa shape index (κ3) is 6.34. The smallest absolute Gasteiger partial charge is 0.320 e. The van der Waals surface area contributed by atoms with Gasteiger partial charge in [0.15, 0.2) is 9.84 Å². The van der Waals surface area contributed by atoms with Gasteiger partial charge in [0.25, 0.3) is 0 Å². The van der Waals surface area contributed by atoms with Gasteiger partial charge in [0.1, 0.15) is 0 Å². The molecule has 1 aliphatic heterocycles. The van der Waals surface area contributed by atoms with Crippen molar-refractivity contribution in [1.82, 2.24) is 10.2 Å². The van der Waals surface area contributed by atoms with E-state index in [1.165, 1.54) is 4.90 Å². The lowest BCUT2D eigenvalue weighted by molar-refractivity contribution is -0.121. The largest absolute Gasteiger partial charge is 0.324 e. The first kappa shape index (κ1) is 19.2. The van der Waals surface area contributed by atoms with Gasteiger partial charge in [-0.25, -0.2) is 13.2 Å². The maximum atomic E-state index is 12.2. The number of nitrogens with one attached hydrogen (secondary N) is 1. The maximum Gasteiger partial charge on any atom is 0.324 e. The van der Waals surface area contributed by atoms with E-state index in [0.29, 0.717) is 25.9 Å². The Morgan fingerprint density at radius 1 is 1.20 bits per heavy atom. The average Bonchev–Trinajstić information content (AvgIpc) is 2.56. The van der Waals surface area contributed by atoms with Crippen molar-refractivity contribution >= 4 is 21.8 Å². The molecule has 1 N–H and O–H groups in total.